The molecular formula is C15H12N2O3S. The van der Waals surface area contributed by atoms with Crippen LogP contribution in [0.5, 0.6) is 0 Å². The number of carbonyl (C=O) groups excluding carboxylic acids is 2. The van der Waals surface area contributed by atoms with Crippen LogP contribution in [0, 0.1) is 0 Å². The maximum Gasteiger partial charge on any atom is 0.295 e. The van der Waals surface area contributed by atoms with Gasteiger partial charge in [0.15, 0.2) is 0 Å². The number of rotatable bonds is 1. The molecule has 5 nitrogen and oxygen atoms in total. The van der Waals surface area contributed by atoms with Crippen molar-refractivity contribution < 1.29 is 14.4 Å². The van der Waals surface area contributed by atoms with Crippen LogP contribution >= 0.6 is 12.2 Å². The van der Waals surface area contributed by atoms with Gasteiger partial charge in [0, 0.05) is 19.5 Å². The number of carbonyl (C=O) groups is 2. The lowest BCUT2D eigenvalue weighted by Gasteiger charge is -2.27. The molecule has 1 heterocycles. The van der Waals surface area contributed by atoms with Crippen LogP contribution < -0.4 is 0 Å². The number of benzene rings is 2. The third-order valence-electron chi connectivity index (χ3n) is 3.27. The van der Waals surface area contributed by atoms with E-state index in [0.717, 1.165) is 10.4 Å². The molecule has 1 aliphatic rings. The minimum absolute atomic E-state index is 0.0447. The molecule has 1 aliphatic heterocycles. The Morgan fingerprint density at radius 2 is 1.57 bits per heavy atom. The van der Waals surface area contributed by atoms with Crippen LogP contribution in [0.2, 0.25) is 0 Å². The zero-order chi connectivity index (χ0) is 15.1. The number of hydroxylamine groups is 2. The summed E-state index contributed by atoms with van der Waals surface area (Å²) in [5, 5.41) is 2.27. The van der Waals surface area contributed by atoms with Crippen LogP contribution in [0.4, 0.5) is 0 Å². The lowest BCUT2D eigenvalue weighted by Crippen LogP contribution is -2.43. The van der Waals surface area contributed by atoms with Gasteiger partial charge >= 0.3 is 0 Å². The van der Waals surface area contributed by atoms with E-state index in [2.05, 4.69) is 0 Å². The number of nitrogens with zero attached hydrogens (tertiary/aromatic N) is 2. The fraction of sp³-hybridized carbons (Fsp3) is 0.133. The maximum absolute atomic E-state index is 12.5. The third kappa shape index (κ3) is 2.04. The highest BCUT2D eigenvalue weighted by molar-refractivity contribution is 7.80. The van der Waals surface area contributed by atoms with Crippen LogP contribution in [0.25, 0.3) is 10.8 Å². The first-order chi connectivity index (χ1) is 10.0. The Bertz CT molecular complexity index is 735. The van der Waals surface area contributed by atoms with Gasteiger partial charge in [-0.1, -0.05) is 29.3 Å². The Balaban J connectivity index is 2.13. The molecule has 0 bridgehead atoms. The van der Waals surface area contributed by atoms with Gasteiger partial charge in [-0.05, 0) is 29.7 Å². The Hall–Kier alpha value is -2.47. The van der Waals surface area contributed by atoms with Gasteiger partial charge in [0.05, 0.1) is 11.1 Å². The zero-order valence-electron chi connectivity index (χ0n) is 11.5. The molecule has 0 unspecified atom stereocenters. The highest BCUT2D eigenvalue weighted by atomic mass is 32.1. The molecule has 0 N–H and O–H groups in total. The summed E-state index contributed by atoms with van der Waals surface area (Å²) in [7, 11) is 3.35. The summed E-state index contributed by atoms with van der Waals surface area (Å²) in [5.74, 6) is -1.01. The first kappa shape index (κ1) is 13.5. The van der Waals surface area contributed by atoms with E-state index in [4.69, 9.17) is 17.1 Å². The number of thiocarbonyl (C=S) groups is 1. The molecular weight excluding hydrogens is 288 g/mol. The molecule has 0 saturated heterocycles. The van der Waals surface area contributed by atoms with Gasteiger partial charge < -0.3 is 9.74 Å². The second-order valence-corrected chi connectivity index (χ2v) is 5.21. The van der Waals surface area contributed by atoms with E-state index in [0.29, 0.717) is 16.5 Å². The van der Waals surface area contributed by atoms with Gasteiger partial charge in [0.2, 0.25) is 0 Å². The number of hydrogen-bond donors (Lipinski definition) is 0. The van der Waals surface area contributed by atoms with E-state index in [1.165, 1.54) is 4.90 Å². The lowest BCUT2D eigenvalue weighted by molar-refractivity contribution is -0.0323. The predicted octanol–water partition coefficient (Wildman–Crippen LogP) is 2.21. The molecule has 0 aliphatic carbocycles. The summed E-state index contributed by atoms with van der Waals surface area (Å²) in [6.45, 7) is 0. The largest absolute Gasteiger partial charge is 0.338 e. The van der Waals surface area contributed by atoms with Crippen LogP contribution in [0.1, 0.15) is 20.7 Å². The summed E-state index contributed by atoms with van der Waals surface area (Å²) >= 11 is 5.00. The van der Waals surface area contributed by atoms with E-state index in [9.17, 15) is 9.59 Å². The topological polar surface area (TPSA) is 49.9 Å². The summed E-state index contributed by atoms with van der Waals surface area (Å²) in [4.78, 5) is 31.7. The van der Waals surface area contributed by atoms with Crippen LogP contribution in [-0.4, -0.2) is 41.0 Å². The van der Waals surface area contributed by atoms with Crippen molar-refractivity contribution in [2.45, 2.75) is 0 Å². The highest BCUT2D eigenvalue weighted by Gasteiger charge is 2.35. The molecule has 0 fully saturated rings. The van der Waals surface area contributed by atoms with Crippen molar-refractivity contribution in [3.05, 3.63) is 47.5 Å². The van der Waals surface area contributed by atoms with Gasteiger partial charge in [-0.15, -0.1) is 0 Å². The van der Waals surface area contributed by atoms with Gasteiger partial charge in [-0.3, -0.25) is 9.59 Å². The van der Waals surface area contributed by atoms with E-state index in [1.54, 1.807) is 38.4 Å². The average Bonchev–Trinajstić information content (AvgIpc) is 2.48. The minimum atomic E-state index is -0.506. The lowest BCUT2D eigenvalue weighted by atomic mass is 9.95. The van der Waals surface area contributed by atoms with Crippen molar-refractivity contribution in [3.8, 4) is 0 Å². The van der Waals surface area contributed by atoms with Crippen molar-refractivity contribution in [1.82, 2.24) is 9.96 Å². The molecule has 21 heavy (non-hydrogen) atoms. The van der Waals surface area contributed by atoms with Gasteiger partial charge in [-0.25, -0.2) is 0 Å². The second kappa shape index (κ2) is 4.82. The molecule has 6 heteroatoms. The summed E-state index contributed by atoms with van der Waals surface area (Å²) < 4.78 is 0. The molecule has 0 atom stereocenters. The molecule has 2 amide bonds. The fourth-order valence-electron chi connectivity index (χ4n) is 2.25. The number of hydrogen-bond acceptors (Lipinski definition) is 4. The molecule has 3 rings (SSSR count). The zero-order valence-corrected chi connectivity index (χ0v) is 12.3. The molecule has 0 saturated carbocycles. The third-order valence-corrected chi connectivity index (χ3v) is 3.71. The minimum Gasteiger partial charge on any atom is -0.338 e. The Kier molecular flexibility index (Phi) is 3.10. The standard InChI is InChI=1S/C15H12N2O3S/c1-16(2)15(21)20-17-13(18)10-7-3-5-9-6-4-8-11(12(9)10)14(17)19/h3-8H,1-2H3. The van der Waals surface area contributed by atoms with E-state index >= 15 is 0 Å². The molecule has 0 aromatic heterocycles. The average molecular weight is 300 g/mol. The number of imide groups is 1. The van der Waals surface area contributed by atoms with Gasteiger partial charge in [0.1, 0.15) is 0 Å². The van der Waals surface area contributed by atoms with Crippen molar-refractivity contribution in [1.29, 1.82) is 0 Å². The fourth-order valence-corrected chi connectivity index (χ4v) is 2.33. The van der Waals surface area contributed by atoms with Crippen LogP contribution in [0.3, 0.4) is 0 Å². The Labute approximate surface area is 126 Å². The molecule has 2 aromatic rings. The van der Waals surface area contributed by atoms with E-state index < -0.39 is 11.8 Å². The quantitative estimate of drug-likeness (QED) is 0.597. The van der Waals surface area contributed by atoms with Crippen molar-refractivity contribution in [2.24, 2.45) is 0 Å². The smallest absolute Gasteiger partial charge is 0.295 e. The molecule has 0 spiro atoms. The van der Waals surface area contributed by atoms with Crippen molar-refractivity contribution >= 4 is 40.0 Å². The SMILES string of the molecule is CN(C)C(=S)ON1C(=O)c2cccc3cccc(c23)C1=O. The summed E-state index contributed by atoms with van der Waals surface area (Å²) in [6.07, 6.45) is 0. The maximum atomic E-state index is 12.5. The Morgan fingerprint density at radius 1 is 1.05 bits per heavy atom. The summed E-state index contributed by atoms with van der Waals surface area (Å²) in [6, 6.07) is 10.6. The second-order valence-electron chi connectivity index (χ2n) is 4.87. The highest BCUT2D eigenvalue weighted by Crippen LogP contribution is 2.30. The van der Waals surface area contributed by atoms with Crippen LogP contribution in [0.15, 0.2) is 36.4 Å². The predicted molar refractivity (Wildman–Crippen MR) is 81.8 cm³/mol. The number of amides is 2. The molecule has 0 radical (unpaired) electrons. The van der Waals surface area contributed by atoms with Crippen molar-refractivity contribution in [3.63, 3.8) is 0 Å². The van der Waals surface area contributed by atoms with Crippen molar-refractivity contribution in [2.75, 3.05) is 14.1 Å². The molecule has 2 aromatic carbocycles. The monoisotopic (exact) mass is 300 g/mol. The normalized spacial score (nSPS) is 13.5. The molecule has 106 valence electrons. The van der Waals surface area contributed by atoms with E-state index in [1.807, 2.05) is 12.1 Å². The van der Waals surface area contributed by atoms with Gasteiger partial charge in [-0.2, -0.15) is 0 Å². The first-order valence-corrected chi connectivity index (χ1v) is 6.71. The van der Waals surface area contributed by atoms with E-state index in [-0.39, 0.29) is 5.17 Å². The van der Waals surface area contributed by atoms with Crippen LogP contribution in [-0.2, 0) is 4.84 Å². The van der Waals surface area contributed by atoms with Gasteiger partial charge in [0.25, 0.3) is 17.0 Å². The first-order valence-electron chi connectivity index (χ1n) is 6.30. The Morgan fingerprint density at radius 3 is 2.05 bits per heavy atom. The summed E-state index contributed by atoms with van der Waals surface area (Å²) in [5.41, 5.74) is 0.869.